The third kappa shape index (κ3) is 3.42. The molecule has 1 rings (SSSR count). The number of anilines is 1. The van der Waals surface area contributed by atoms with Crippen LogP contribution < -0.4 is 4.31 Å². The number of rotatable bonds is 6. The van der Waals surface area contributed by atoms with Crippen molar-refractivity contribution in [2.24, 2.45) is 0 Å². The molecule has 0 atom stereocenters. The van der Waals surface area contributed by atoms with Crippen molar-refractivity contribution in [2.45, 2.75) is 6.42 Å². The summed E-state index contributed by atoms with van der Waals surface area (Å²) >= 11 is 0. The van der Waals surface area contributed by atoms with Gasteiger partial charge in [-0.25, -0.2) is 0 Å². The fourth-order valence-corrected chi connectivity index (χ4v) is 2.56. The number of para-hydroxylation sites is 1. The lowest BCUT2D eigenvalue weighted by atomic mass is 10.3. The van der Waals surface area contributed by atoms with Crippen LogP contribution in [0.3, 0.4) is 0 Å². The van der Waals surface area contributed by atoms with E-state index in [0.717, 1.165) is 0 Å². The lowest BCUT2D eigenvalue weighted by Gasteiger charge is -2.25. The van der Waals surface area contributed by atoms with Gasteiger partial charge in [0, 0.05) is 27.2 Å². The van der Waals surface area contributed by atoms with Crippen LogP contribution in [0.15, 0.2) is 30.3 Å². The van der Waals surface area contributed by atoms with Gasteiger partial charge < -0.3 is 5.11 Å². The monoisotopic (exact) mass is 258 g/mol. The molecule has 0 aliphatic carbocycles. The topological polar surface area (TPSA) is 60.9 Å². The van der Waals surface area contributed by atoms with Gasteiger partial charge in [0.15, 0.2) is 0 Å². The molecule has 0 saturated heterocycles. The van der Waals surface area contributed by atoms with Gasteiger partial charge in [-0.05, 0) is 18.6 Å². The van der Waals surface area contributed by atoms with Gasteiger partial charge in [-0.3, -0.25) is 4.31 Å². The van der Waals surface area contributed by atoms with E-state index in [4.69, 9.17) is 5.11 Å². The van der Waals surface area contributed by atoms with E-state index in [-0.39, 0.29) is 6.61 Å². The normalized spacial score (nSPS) is 11.8. The van der Waals surface area contributed by atoms with Crippen molar-refractivity contribution in [3.05, 3.63) is 30.3 Å². The summed E-state index contributed by atoms with van der Waals surface area (Å²) in [4.78, 5) is 0. The predicted molar refractivity (Wildman–Crippen MR) is 68.1 cm³/mol. The molecule has 0 fully saturated rings. The lowest BCUT2D eigenvalue weighted by Crippen LogP contribution is -2.40. The maximum atomic E-state index is 12.1. The Hall–Kier alpha value is -1.11. The second kappa shape index (κ2) is 6.00. The molecule has 0 saturated carbocycles. The van der Waals surface area contributed by atoms with Crippen molar-refractivity contribution in [1.29, 1.82) is 0 Å². The summed E-state index contributed by atoms with van der Waals surface area (Å²) in [5, 5.41) is 8.70. The van der Waals surface area contributed by atoms with Crippen molar-refractivity contribution in [2.75, 3.05) is 31.6 Å². The molecule has 1 N–H and O–H groups in total. The fourth-order valence-electron chi connectivity index (χ4n) is 1.39. The van der Waals surface area contributed by atoms with E-state index in [1.807, 2.05) is 6.07 Å². The minimum Gasteiger partial charge on any atom is -0.396 e. The van der Waals surface area contributed by atoms with E-state index in [1.165, 1.54) is 22.7 Å². The van der Waals surface area contributed by atoms with Gasteiger partial charge in [0.25, 0.3) is 0 Å². The van der Waals surface area contributed by atoms with Gasteiger partial charge >= 0.3 is 10.2 Å². The van der Waals surface area contributed by atoms with E-state index in [1.54, 1.807) is 24.3 Å². The second-order valence-electron chi connectivity index (χ2n) is 3.71. The van der Waals surface area contributed by atoms with E-state index in [0.29, 0.717) is 18.7 Å². The third-order valence-corrected chi connectivity index (χ3v) is 4.36. The Morgan fingerprint density at radius 1 is 1.18 bits per heavy atom. The molecule has 96 valence electrons. The molecular weight excluding hydrogens is 240 g/mol. The summed E-state index contributed by atoms with van der Waals surface area (Å²) in [6.07, 6.45) is 0.429. The largest absolute Gasteiger partial charge is 0.396 e. The van der Waals surface area contributed by atoms with Crippen LogP contribution in [-0.4, -0.2) is 45.1 Å². The number of benzene rings is 1. The maximum Gasteiger partial charge on any atom is 0.303 e. The summed E-state index contributed by atoms with van der Waals surface area (Å²) in [5.41, 5.74) is 0.614. The van der Waals surface area contributed by atoms with Crippen LogP contribution >= 0.6 is 0 Å². The lowest BCUT2D eigenvalue weighted by molar-refractivity contribution is 0.275. The maximum absolute atomic E-state index is 12.1. The molecular formula is C11H18N2O3S. The second-order valence-corrected chi connectivity index (χ2v) is 5.78. The zero-order chi connectivity index (χ0) is 12.9. The van der Waals surface area contributed by atoms with Crippen molar-refractivity contribution in [1.82, 2.24) is 4.31 Å². The first-order valence-electron chi connectivity index (χ1n) is 5.36. The third-order valence-electron chi connectivity index (χ3n) is 2.49. The minimum atomic E-state index is -3.51. The summed E-state index contributed by atoms with van der Waals surface area (Å²) in [6.45, 7) is 0.283. The highest BCUT2D eigenvalue weighted by Gasteiger charge is 2.23. The molecule has 0 aliphatic heterocycles. The number of nitrogens with zero attached hydrogens (tertiary/aromatic N) is 2. The Morgan fingerprint density at radius 3 is 2.29 bits per heavy atom. The first-order chi connectivity index (χ1) is 8.00. The predicted octanol–water partition coefficient (Wildman–Crippen LogP) is 0.682. The molecule has 0 bridgehead atoms. The van der Waals surface area contributed by atoms with Gasteiger partial charge in [0.2, 0.25) is 0 Å². The van der Waals surface area contributed by atoms with Crippen LogP contribution in [-0.2, 0) is 10.2 Å². The summed E-state index contributed by atoms with van der Waals surface area (Å²) < 4.78 is 26.7. The zero-order valence-corrected chi connectivity index (χ0v) is 10.9. The van der Waals surface area contributed by atoms with E-state index in [2.05, 4.69) is 0 Å². The Labute approximate surface area is 102 Å². The zero-order valence-electron chi connectivity index (χ0n) is 10.1. The molecule has 0 aliphatic rings. The molecule has 6 heteroatoms. The van der Waals surface area contributed by atoms with Crippen LogP contribution in [0.1, 0.15) is 6.42 Å². The van der Waals surface area contributed by atoms with Crippen LogP contribution in [0, 0.1) is 0 Å². The van der Waals surface area contributed by atoms with Gasteiger partial charge in [0.05, 0.1) is 5.69 Å². The quantitative estimate of drug-likeness (QED) is 0.816. The average molecular weight is 258 g/mol. The van der Waals surface area contributed by atoms with Gasteiger partial charge in [-0.1, -0.05) is 18.2 Å². The molecule has 0 unspecified atom stereocenters. The van der Waals surface area contributed by atoms with Crippen molar-refractivity contribution in [3.63, 3.8) is 0 Å². The van der Waals surface area contributed by atoms with Crippen LogP contribution in [0.5, 0.6) is 0 Å². The summed E-state index contributed by atoms with van der Waals surface area (Å²) in [6, 6.07) is 8.87. The molecule has 0 heterocycles. The van der Waals surface area contributed by atoms with Crippen molar-refractivity contribution < 1.29 is 13.5 Å². The van der Waals surface area contributed by atoms with Crippen LogP contribution in [0.4, 0.5) is 5.69 Å². The first kappa shape index (κ1) is 14.0. The van der Waals surface area contributed by atoms with Crippen LogP contribution in [0.25, 0.3) is 0 Å². The summed E-state index contributed by atoms with van der Waals surface area (Å²) in [7, 11) is -0.490. The smallest absolute Gasteiger partial charge is 0.303 e. The molecule has 1 aromatic carbocycles. The van der Waals surface area contributed by atoms with Crippen molar-refractivity contribution in [3.8, 4) is 0 Å². The van der Waals surface area contributed by atoms with Gasteiger partial charge in [0.1, 0.15) is 0 Å². The Kier molecular flexibility index (Phi) is 4.92. The molecule has 0 aromatic heterocycles. The highest BCUT2D eigenvalue weighted by atomic mass is 32.2. The minimum absolute atomic E-state index is 0.0189. The van der Waals surface area contributed by atoms with Crippen molar-refractivity contribution >= 4 is 15.9 Å². The number of aliphatic hydroxyl groups is 1. The highest BCUT2D eigenvalue weighted by molar-refractivity contribution is 7.90. The number of hydrogen-bond acceptors (Lipinski definition) is 3. The summed E-state index contributed by atoms with van der Waals surface area (Å²) in [5.74, 6) is 0. The Balaban J connectivity index is 2.84. The molecule has 0 amide bonds. The molecule has 5 nitrogen and oxygen atoms in total. The molecule has 1 aromatic rings. The van der Waals surface area contributed by atoms with E-state index < -0.39 is 10.2 Å². The highest BCUT2D eigenvalue weighted by Crippen LogP contribution is 2.16. The fraction of sp³-hybridized carbons (Fsp3) is 0.455. The SMILES string of the molecule is CN(CCCO)S(=O)(=O)N(C)c1ccccc1. The van der Waals surface area contributed by atoms with Gasteiger partial charge in [-0.15, -0.1) is 0 Å². The number of aliphatic hydroxyl groups excluding tert-OH is 1. The van der Waals surface area contributed by atoms with E-state index in [9.17, 15) is 8.42 Å². The molecule has 17 heavy (non-hydrogen) atoms. The molecule has 0 spiro atoms. The molecule has 0 radical (unpaired) electrons. The van der Waals surface area contributed by atoms with Gasteiger partial charge in [-0.2, -0.15) is 12.7 Å². The van der Waals surface area contributed by atoms with Crippen LogP contribution in [0.2, 0.25) is 0 Å². The first-order valence-corrected chi connectivity index (χ1v) is 6.76. The Bertz CT molecular complexity index is 433. The standard InChI is InChI=1S/C11H18N2O3S/c1-12(9-6-10-14)17(15,16)13(2)11-7-4-3-5-8-11/h3-5,7-8,14H,6,9-10H2,1-2H3. The average Bonchev–Trinajstić information content (AvgIpc) is 2.35. The van der Waals surface area contributed by atoms with E-state index >= 15 is 0 Å². The number of hydrogen-bond donors (Lipinski definition) is 1. The Morgan fingerprint density at radius 2 is 1.76 bits per heavy atom.